The third kappa shape index (κ3) is 4.69. The molecule has 2 aromatic rings. The van der Waals surface area contributed by atoms with Gasteiger partial charge in [0.1, 0.15) is 0 Å². The highest BCUT2D eigenvalue weighted by Gasteiger charge is 2.38. The number of nitrogens with zero attached hydrogens (tertiary/aromatic N) is 4. The molecule has 0 radical (unpaired) electrons. The van der Waals surface area contributed by atoms with E-state index in [-0.39, 0.29) is 41.4 Å². The second kappa shape index (κ2) is 8.67. The van der Waals surface area contributed by atoms with E-state index in [2.05, 4.69) is 10.1 Å². The molecule has 0 spiro atoms. The number of aromatic amines is 1. The molecule has 10 nitrogen and oxygen atoms in total. The average Bonchev–Trinajstić information content (AvgIpc) is 3.39. The molecule has 196 valence electrons. The SMILES string of the molecule is O=C(c1cc(OCC(F)(F)F)nc(C2CC2)c1)N1CC2=C(C1)CN(C(=O)N1CCc3c(o[nH]c3=O)C1)C2. The summed E-state index contributed by atoms with van der Waals surface area (Å²) in [7, 11) is 0. The quantitative estimate of drug-likeness (QED) is 0.622. The summed E-state index contributed by atoms with van der Waals surface area (Å²) in [6.07, 6.45) is -2.32. The Bertz CT molecular complexity index is 1340. The molecular formula is C24H24F3N5O5. The highest BCUT2D eigenvalue weighted by Crippen LogP contribution is 2.40. The van der Waals surface area contributed by atoms with Crippen LogP contribution in [0.15, 0.2) is 32.6 Å². The van der Waals surface area contributed by atoms with E-state index in [1.807, 2.05) is 0 Å². The normalized spacial score (nSPS) is 19.4. The number of hydrogen-bond donors (Lipinski definition) is 1. The van der Waals surface area contributed by atoms with Crippen molar-refractivity contribution in [3.8, 4) is 5.88 Å². The molecule has 1 N–H and O–H groups in total. The summed E-state index contributed by atoms with van der Waals surface area (Å²) >= 11 is 0. The first kappa shape index (κ1) is 23.6. The first-order valence-electron chi connectivity index (χ1n) is 12.1. The standard InChI is InChI=1S/C24H24F3N5O5/c25-24(26,27)12-36-20-6-14(5-18(28-20)13-1-2-13)22(34)31-7-15-9-32(10-16(15)8-31)23(35)30-4-3-17-19(11-30)37-29-21(17)33/h5-6,13H,1-4,7-12H2,(H,29,33). The highest BCUT2D eigenvalue weighted by atomic mass is 19.4. The molecule has 0 aromatic carbocycles. The number of H-pyrrole nitrogens is 1. The third-order valence-electron chi connectivity index (χ3n) is 7.15. The lowest BCUT2D eigenvalue weighted by atomic mass is 10.1. The zero-order chi connectivity index (χ0) is 25.9. The van der Waals surface area contributed by atoms with Gasteiger partial charge in [0.25, 0.3) is 11.5 Å². The number of alkyl halides is 3. The Labute approximate surface area is 208 Å². The Morgan fingerprint density at radius 2 is 1.76 bits per heavy atom. The lowest BCUT2D eigenvalue weighted by Gasteiger charge is -2.31. The summed E-state index contributed by atoms with van der Waals surface area (Å²) < 4.78 is 47.9. The lowest BCUT2D eigenvalue weighted by Crippen LogP contribution is -2.46. The van der Waals surface area contributed by atoms with Gasteiger partial charge in [0.15, 0.2) is 12.4 Å². The smallest absolute Gasteiger partial charge is 0.422 e. The monoisotopic (exact) mass is 519 g/mol. The summed E-state index contributed by atoms with van der Waals surface area (Å²) in [5.41, 5.74) is 3.11. The van der Waals surface area contributed by atoms with Gasteiger partial charge in [-0.2, -0.15) is 18.3 Å². The zero-order valence-electron chi connectivity index (χ0n) is 19.8. The molecule has 3 amide bonds. The van der Waals surface area contributed by atoms with Gasteiger partial charge < -0.3 is 24.0 Å². The molecule has 1 fully saturated rings. The number of rotatable bonds is 4. The predicted octanol–water partition coefficient (Wildman–Crippen LogP) is 2.43. The van der Waals surface area contributed by atoms with Crippen molar-refractivity contribution in [3.63, 3.8) is 0 Å². The number of pyridine rings is 1. The lowest BCUT2D eigenvalue weighted by molar-refractivity contribution is -0.154. The van der Waals surface area contributed by atoms with E-state index in [1.54, 1.807) is 20.8 Å². The Morgan fingerprint density at radius 1 is 1.05 bits per heavy atom. The summed E-state index contributed by atoms with van der Waals surface area (Å²) in [5.74, 6) is 0.0963. The molecule has 4 aliphatic rings. The average molecular weight is 519 g/mol. The van der Waals surface area contributed by atoms with Crippen LogP contribution in [0.1, 0.15) is 46.1 Å². The van der Waals surface area contributed by atoms with Gasteiger partial charge in [-0.15, -0.1) is 0 Å². The Balaban J connectivity index is 1.09. The second-order valence-corrected chi connectivity index (χ2v) is 9.91. The Hall–Kier alpha value is -3.77. The number of carbonyl (C=O) groups excluding carboxylic acids is 2. The van der Waals surface area contributed by atoms with E-state index in [0.717, 1.165) is 24.0 Å². The first-order chi connectivity index (χ1) is 17.6. The largest absolute Gasteiger partial charge is 0.468 e. The van der Waals surface area contributed by atoms with Crippen LogP contribution in [-0.2, 0) is 13.0 Å². The molecule has 13 heteroatoms. The number of aromatic nitrogens is 2. The van der Waals surface area contributed by atoms with Crippen LogP contribution in [0.3, 0.4) is 0 Å². The molecule has 3 aliphatic heterocycles. The number of halogens is 3. The van der Waals surface area contributed by atoms with Gasteiger partial charge in [-0.25, -0.2) is 9.78 Å². The summed E-state index contributed by atoms with van der Waals surface area (Å²) in [6.45, 7) is 0.639. The van der Waals surface area contributed by atoms with Crippen LogP contribution in [-0.4, -0.2) is 82.3 Å². The molecule has 0 unspecified atom stereocenters. The molecule has 0 saturated heterocycles. The molecule has 0 atom stereocenters. The minimum Gasteiger partial charge on any atom is -0.468 e. The van der Waals surface area contributed by atoms with Crippen molar-refractivity contribution in [2.24, 2.45) is 0 Å². The van der Waals surface area contributed by atoms with Crippen LogP contribution in [0.25, 0.3) is 0 Å². The maximum absolute atomic E-state index is 13.3. The fourth-order valence-corrected chi connectivity index (χ4v) is 5.11. The number of fused-ring (bicyclic) bond motifs is 1. The number of nitrogens with one attached hydrogen (secondary N) is 1. The molecular weight excluding hydrogens is 495 g/mol. The summed E-state index contributed by atoms with van der Waals surface area (Å²) in [6, 6.07) is 2.75. The van der Waals surface area contributed by atoms with Gasteiger partial charge in [-0.05, 0) is 36.5 Å². The molecule has 1 saturated carbocycles. The van der Waals surface area contributed by atoms with Crippen molar-refractivity contribution >= 4 is 11.9 Å². The second-order valence-electron chi connectivity index (χ2n) is 9.91. The number of hydrogen-bond acceptors (Lipinski definition) is 6. The molecule has 0 bridgehead atoms. The van der Waals surface area contributed by atoms with Gasteiger partial charge in [0, 0.05) is 56.0 Å². The van der Waals surface area contributed by atoms with Crippen molar-refractivity contribution in [2.75, 3.05) is 39.3 Å². The van der Waals surface area contributed by atoms with Crippen molar-refractivity contribution in [2.45, 2.75) is 37.9 Å². The van der Waals surface area contributed by atoms with Crippen molar-refractivity contribution in [1.82, 2.24) is 24.8 Å². The number of amides is 3. The van der Waals surface area contributed by atoms with E-state index < -0.39 is 12.8 Å². The summed E-state index contributed by atoms with van der Waals surface area (Å²) in [4.78, 5) is 47.2. The third-order valence-corrected chi connectivity index (χ3v) is 7.15. The van der Waals surface area contributed by atoms with Crippen molar-refractivity contribution in [1.29, 1.82) is 0 Å². The van der Waals surface area contributed by atoms with Gasteiger partial charge in [-0.1, -0.05) is 0 Å². The number of urea groups is 1. The molecule has 37 heavy (non-hydrogen) atoms. The van der Waals surface area contributed by atoms with Crippen LogP contribution in [0.4, 0.5) is 18.0 Å². The zero-order valence-corrected chi connectivity index (χ0v) is 19.8. The topological polar surface area (TPSA) is 112 Å². The van der Waals surface area contributed by atoms with E-state index in [4.69, 9.17) is 9.26 Å². The highest BCUT2D eigenvalue weighted by molar-refractivity contribution is 5.95. The van der Waals surface area contributed by atoms with Crippen molar-refractivity contribution < 1.29 is 32.0 Å². The molecule has 2 aromatic heterocycles. The fraction of sp³-hybridized carbons (Fsp3) is 0.500. The molecule has 6 rings (SSSR count). The van der Waals surface area contributed by atoms with Crippen LogP contribution in [0, 0.1) is 0 Å². The van der Waals surface area contributed by atoms with Gasteiger partial charge in [0.05, 0.1) is 12.1 Å². The van der Waals surface area contributed by atoms with Crippen molar-refractivity contribution in [3.05, 3.63) is 56.2 Å². The fourth-order valence-electron chi connectivity index (χ4n) is 5.11. The first-order valence-corrected chi connectivity index (χ1v) is 12.1. The van der Waals surface area contributed by atoms with Gasteiger partial charge >= 0.3 is 12.2 Å². The van der Waals surface area contributed by atoms with E-state index >= 15 is 0 Å². The predicted molar refractivity (Wildman–Crippen MR) is 121 cm³/mol. The maximum atomic E-state index is 13.3. The summed E-state index contributed by atoms with van der Waals surface area (Å²) in [5, 5.41) is 2.31. The van der Waals surface area contributed by atoms with Crippen LogP contribution in [0.5, 0.6) is 5.88 Å². The molecule has 5 heterocycles. The Morgan fingerprint density at radius 3 is 2.43 bits per heavy atom. The van der Waals surface area contributed by atoms with E-state index in [1.165, 1.54) is 6.07 Å². The van der Waals surface area contributed by atoms with Gasteiger partial charge in [-0.3, -0.25) is 9.59 Å². The Kier molecular flexibility index (Phi) is 5.53. The van der Waals surface area contributed by atoms with Crippen LogP contribution < -0.4 is 10.3 Å². The van der Waals surface area contributed by atoms with E-state index in [0.29, 0.717) is 56.2 Å². The maximum Gasteiger partial charge on any atom is 0.422 e. The number of ether oxygens (including phenoxy) is 1. The van der Waals surface area contributed by atoms with Crippen LogP contribution >= 0.6 is 0 Å². The molecule has 1 aliphatic carbocycles. The van der Waals surface area contributed by atoms with Gasteiger partial charge in [0.2, 0.25) is 5.88 Å². The minimum absolute atomic E-state index is 0.132. The number of carbonyl (C=O) groups is 2. The van der Waals surface area contributed by atoms with Crippen LogP contribution in [0.2, 0.25) is 0 Å². The minimum atomic E-state index is -4.50. The van der Waals surface area contributed by atoms with E-state index in [9.17, 15) is 27.6 Å².